The molecule has 0 aliphatic rings. The molecule has 86 valence electrons. The summed E-state index contributed by atoms with van der Waals surface area (Å²) in [6.45, 7) is 0. The number of nitrogens with one attached hydrogen (secondary N) is 1. The zero-order chi connectivity index (χ0) is 12.3. The van der Waals surface area contributed by atoms with Crippen molar-refractivity contribution in [3.63, 3.8) is 0 Å². The number of hydrogen-bond donors (Lipinski definition) is 4. The fourth-order valence-electron chi connectivity index (χ4n) is 1.07. The van der Waals surface area contributed by atoms with Crippen LogP contribution in [-0.4, -0.2) is 34.1 Å². The van der Waals surface area contributed by atoms with Gasteiger partial charge < -0.3 is 20.7 Å². The van der Waals surface area contributed by atoms with Gasteiger partial charge in [0, 0.05) is 18.7 Å². The van der Waals surface area contributed by atoms with Crippen LogP contribution in [0.15, 0.2) is 17.3 Å². The number of nitrogens with zero attached hydrogens (tertiary/aromatic N) is 1. The van der Waals surface area contributed by atoms with E-state index in [1.807, 2.05) is 0 Å². The standard InChI is InChI=1S/C9H9ClN2O4/c1-11-9(15)8(12-16)4-2-6(13)7(14)3-5(4)10/h2-3,13-14,16H,1H3,(H,11,15). The normalized spacial score (nSPS) is 11.2. The van der Waals surface area contributed by atoms with E-state index in [0.29, 0.717) is 0 Å². The molecule has 0 aromatic heterocycles. The second kappa shape index (κ2) is 4.71. The first kappa shape index (κ1) is 12.1. The molecular formula is C9H9ClN2O4. The zero-order valence-electron chi connectivity index (χ0n) is 8.23. The summed E-state index contributed by atoms with van der Waals surface area (Å²) in [7, 11) is 1.35. The van der Waals surface area contributed by atoms with Crippen LogP contribution >= 0.6 is 11.6 Å². The molecule has 16 heavy (non-hydrogen) atoms. The lowest BCUT2D eigenvalue weighted by Crippen LogP contribution is -2.28. The topological polar surface area (TPSA) is 102 Å². The highest BCUT2D eigenvalue weighted by Crippen LogP contribution is 2.31. The van der Waals surface area contributed by atoms with E-state index in [4.69, 9.17) is 21.9 Å². The molecule has 0 fully saturated rings. The number of halogens is 1. The van der Waals surface area contributed by atoms with Gasteiger partial charge in [-0.2, -0.15) is 0 Å². The number of amides is 1. The maximum Gasteiger partial charge on any atom is 0.273 e. The van der Waals surface area contributed by atoms with Crippen molar-refractivity contribution >= 4 is 23.2 Å². The summed E-state index contributed by atoms with van der Waals surface area (Å²) >= 11 is 5.73. The fraction of sp³-hybridized carbons (Fsp3) is 0.111. The van der Waals surface area contributed by atoms with Gasteiger partial charge in [-0.15, -0.1) is 0 Å². The number of carbonyl (C=O) groups excluding carboxylic acids is 1. The summed E-state index contributed by atoms with van der Waals surface area (Å²) in [5.74, 6) is -1.57. The Hall–Kier alpha value is -1.95. The third-order valence-corrected chi connectivity index (χ3v) is 2.17. The second-order valence-corrected chi connectivity index (χ2v) is 3.26. The molecule has 6 nitrogen and oxygen atoms in total. The number of phenolic OH excluding ortho intramolecular Hbond substituents is 2. The maximum atomic E-state index is 11.3. The number of rotatable bonds is 2. The molecule has 0 bridgehead atoms. The Bertz CT molecular complexity index is 459. The molecule has 0 saturated heterocycles. The number of likely N-dealkylation sites (N-methyl/N-ethyl adjacent to an activating group) is 1. The molecule has 0 unspecified atom stereocenters. The number of aromatic hydroxyl groups is 2. The molecule has 1 amide bonds. The van der Waals surface area contributed by atoms with Crippen LogP contribution in [0.5, 0.6) is 11.5 Å². The number of carbonyl (C=O) groups is 1. The van der Waals surface area contributed by atoms with E-state index in [0.717, 1.165) is 12.1 Å². The van der Waals surface area contributed by atoms with Crippen molar-refractivity contribution in [2.75, 3.05) is 7.05 Å². The molecule has 0 aliphatic carbocycles. The minimum absolute atomic E-state index is 0.0128. The maximum absolute atomic E-state index is 11.3. The van der Waals surface area contributed by atoms with Gasteiger partial charge in [0.25, 0.3) is 5.91 Å². The number of benzene rings is 1. The van der Waals surface area contributed by atoms with E-state index in [1.165, 1.54) is 7.05 Å². The van der Waals surface area contributed by atoms with E-state index >= 15 is 0 Å². The highest BCUT2D eigenvalue weighted by atomic mass is 35.5. The minimum Gasteiger partial charge on any atom is -0.504 e. The van der Waals surface area contributed by atoms with Gasteiger partial charge in [-0.3, -0.25) is 4.79 Å². The lowest BCUT2D eigenvalue weighted by atomic mass is 10.1. The average Bonchev–Trinajstić information content (AvgIpc) is 2.26. The number of hydrogen-bond acceptors (Lipinski definition) is 5. The Morgan fingerprint density at radius 1 is 1.38 bits per heavy atom. The summed E-state index contributed by atoms with van der Waals surface area (Å²) in [5.41, 5.74) is -0.346. The van der Waals surface area contributed by atoms with Gasteiger partial charge in [0.05, 0.1) is 5.02 Å². The molecule has 1 rings (SSSR count). The lowest BCUT2D eigenvalue weighted by molar-refractivity contribution is -0.114. The van der Waals surface area contributed by atoms with Gasteiger partial charge in [-0.1, -0.05) is 16.8 Å². The quantitative estimate of drug-likeness (QED) is 0.266. The average molecular weight is 245 g/mol. The summed E-state index contributed by atoms with van der Waals surface area (Å²) < 4.78 is 0. The van der Waals surface area contributed by atoms with Crippen molar-refractivity contribution in [2.24, 2.45) is 5.16 Å². The van der Waals surface area contributed by atoms with Gasteiger partial charge in [0.2, 0.25) is 0 Å². The van der Waals surface area contributed by atoms with Crippen molar-refractivity contribution in [2.45, 2.75) is 0 Å². The molecule has 1 aromatic rings. The highest BCUT2D eigenvalue weighted by Gasteiger charge is 2.18. The summed E-state index contributed by atoms with van der Waals surface area (Å²) in [6, 6.07) is 2.07. The smallest absolute Gasteiger partial charge is 0.273 e. The van der Waals surface area contributed by atoms with Crippen LogP contribution in [0, 0.1) is 0 Å². The molecule has 4 N–H and O–H groups in total. The van der Waals surface area contributed by atoms with Crippen LogP contribution in [0.25, 0.3) is 0 Å². The van der Waals surface area contributed by atoms with Crippen LogP contribution < -0.4 is 5.32 Å². The third kappa shape index (κ3) is 2.17. The predicted octanol–water partition coefficient (Wildman–Crippen LogP) is 0.675. The molecule has 0 heterocycles. The molecule has 7 heteroatoms. The summed E-state index contributed by atoms with van der Waals surface area (Å²) in [6.07, 6.45) is 0. The van der Waals surface area contributed by atoms with Crippen molar-refractivity contribution in [3.8, 4) is 11.5 Å². The van der Waals surface area contributed by atoms with Gasteiger partial charge in [-0.05, 0) is 6.07 Å². The van der Waals surface area contributed by atoms with Crippen molar-refractivity contribution in [1.29, 1.82) is 0 Å². The van der Waals surface area contributed by atoms with Gasteiger partial charge in [0.15, 0.2) is 17.2 Å². The first-order valence-corrected chi connectivity index (χ1v) is 4.55. The van der Waals surface area contributed by atoms with Crippen molar-refractivity contribution in [1.82, 2.24) is 5.32 Å². The number of phenols is 2. The molecule has 0 aliphatic heterocycles. The molecule has 0 radical (unpaired) electrons. The Morgan fingerprint density at radius 2 is 1.94 bits per heavy atom. The predicted molar refractivity (Wildman–Crippen MR) is 57.2 cm³/mol. The van der Waals surface area contributed by atoms with E-state index in [1.54, 1.807) is 0 Å². The van der Waals surface area contributed by atoms with Crippen LogP contribution in [0.2, 0.25) is 5.02 Å². The van der Waals surface area contributed by atoms with Gasteiger partial charge in [-0.25, -0.2) is 0 Å². The van der Waals surface area contributed by atoms with E-state index in [2.05, 4.69) is 10.5 Å². The fourth-order valence-corrected chi connectivity index (χ4v) is 1.32. The molecule has 0 spiro atoms. The van der Waals surface area contributed by atoms with E-state index in [-0.39, 0.29) is 16.3 Å². The Kier molecular flexibility index (Phi) is 3.57. The zero-order valence-corrected chi connectivity index (χ0v) is 8.99. The van der Waals surface area contributed by atoms with Crippen molar-refractivity contribution < 1.29 is 20.2 Å². The first-order valence-electron chi connectivity index (χ1n) is 4.17. The minimum atomic E-state index is -0.672. The molecule has 0 saturated carbocycles. The summed E-state index contributed by atoms with van der Waals surface area (Å²) in [5, 5.41) is 32.1. The Morgan fingerprint density at radius 3 is 2.44 bits per heavy atom. The highest BCUT2D eigenvalue weighted by molar-refractivity contribution is 6.48. The van der Waals surface area contributed by atoms with Crippen molar-refractivity contribution in [3.05, 3.63) is 22.7 Å². The van der Waals surface area contributed by atoms with Crippen LogP contribution in [0.4, 0.5) is 0 Å². The largest absolute Gasteiger partial charge is 0.504 e. The lowest BCUT2D eigenvalue weighted by Gasteiger charge is -2.07. The first-order chi connectivity index (χ1) is 7.51. The Labute approximate surface area is 95.8 Å². The molecular weight excluding hydrogens is 236 g/mol. The molecule has 0 atom stereocenters. The van der Waals surface area contributed by atoms with Gasteiger partial charge >= 0.3 is 0 Å². The van der Waals surface area contributed by atoms with E-state index in [9.17, 15) is 9.90 Å². The van der Waals surface area contributed by atoms with E-state index < -0.39 is 17.4 Å². The molecule has 1 aromatic carbocycles. The monoisotopic (exact) mass is 244 g/mol. The van der Waals surface area contributed by atoms with Gasteiger partial charge in [0.1, 0.15) is 0 Å². The Balaban J connectivity index is 3.32. The second-order valence-electron chi connectivity index (χ2n) is 2.85. The summed E-state index contributed by atoms with van der Waals surface area (Å²) in [4.78, 5) is 11.3. The third-order valence-electron chi connectivity index (χ3n) is 1.86. The number of oxime groups is 1. The van der Waals surface area contributed by atoms with Crippen LogP contribution in [-0.2, 0) is 4.79 Å². The SMILES string of the molecule is CNC(=O)C(=NO)c1cc(O)c(O)cc1Cl. The van der Waals surface area contributed by atoms with Crippen LogP contribution in [0.3, 0.4) is 0 Å². The van der Waals surface area contributed by atoms with Crippen LogP contribution in [0.1, 0.15) is 5.56 Å².